The Kier molecular flexibility index (Phi) is 12.9. The van der Waals surface area contributed by atoms with Crippen molar-refractivity contribution in [2.75, 3.05) is 6.61 Å². The lowest BCUT2D eigenvalue weighted by atomic mass is 9.78. The molecule has 0 saturated heterocycles. The van der Waals surface area contributed by atoms with E-state index in [2.05, 4.69) is 31.2 Å². The topological polar surface area (TPSA) is 154 Å². The molecule has 4 aromatic rings. The number of urea groups is 1. The van der Waals surface area contributed by atoms with Crippen LogP contribution < -0.4 is 21.3 Å². The van der Waals surface area contributed by atoms with E-state index in [0.29, 0.717) is 29.1 Å². The van der Waals surface area contributed by atoms with Gasteiger partial charge in [0.05, 0.1) is 23.7 Å². The number of rotatable bonds is 14. The molecule has 5 N–H and O–H groups in total. The van der Waals surface area contributed by atoms with Crippen LogP contribution in [0.25, 0.3) is 10.9 Å². The number of esters is 1. The van der Waals surface area contributed by atoms with Gasteiger partial charge in [-0.25, -0.2) is 19.0 Å². The highest BCUT2D eigenvalue weighted by Crippen LogP contribution is 2.40. The van der Waals surface area contributed by atoms with Gasteiger partial charge in [-0.15, -0.1) is 11.3 Å². The van der Waals surface area contributed by atoms with Crippen molar-refractivity contribution in [1.82, 2.24) is 31.2 Å². The quantitative estimate of drug-likeness (QED) is 0.0678. The molecule has 1 aliphatic rings. The smallest absolute Gasteiger partial charge is 0.418 e. The van der Waals surface area contributed by atoms with Crippen molar-refractivity contribution in [2.24, 2.45) is 11.8 Å². The molecule has 11 nitrogen and oxygen atoms in total. The molecule has 0 fully saturated rings. The minimum absolute atomic E-state index is 0.0115. The molecule has 2 heterocycles. The van der Waals surface area contributed by atoms with Gasteiger partial charge in [-0.05, 0) is 49.3 Å². The van der Waals surface area contributed by atoms with Crippen molar-refractivity contribution in [3.8, 4) is 0 Å². The van der Waals surface area contributed by atoms with Crippen molar-refractivity contribution in [3.05, 3.63) is 86.7 Å². The standard InChI is InChI=1S/C39H46F4N6O5S/c1-6-21(4)30(48-37(53)44-19-23-12-9-10-15-27(23)40)33(50)49-38(17-16-28-25(18-38)24-13-11-14-26(32(24)45-28)39(41,42)43)36(52)47-31(22(5)7-2)34-46-29(20-55-34)35(51)54-8-3/h9-15,20-22,30-31,45H,6-8,16-19H2,1-5H3,(H,47,52)(H,49,50)(H2,44,48,53)/t21-,22-,30-,31-,38-/m0/s1. The van der Waals surface area contributed by atoms with Crippen LogP contribution in [0.5, 0.6) is 0 Å². The third-order valence-electron chi connectivity index (χ3n) is 10.4. The van der Waals surface area contributed by atoms with Gasteiger partial charge in [0.15, 0.2) is 5.69 Å². The van der Waals surface area contributed by atoms with Crippen LogP contribution >= 0.6 is 11.3 Å². The lowest BCUT2D eigenvalue weighted by molar-refractivity contribution is -0.136. The number of halogens is 4. The van der Waals surface area contributed by atoms with E-state index in [1.807, 2.05) is 20.8 Å². The number of amides is 4. The molecule has 0 spiro atoms. The number of nitrogens with one attached hydrogen (secondary N) is 5. The fourth-order valence-electron chi connectivity index (χ4n) is 6.78. The molecule has 0 aliphatic heterocycles. The maximum atomic E-state index is 14.8. The first-order chi connectivity index (χ1) is 26.1. The third kappa shape index (κ3) is 9.11. The molecule has 5 rings (SSSR count). The summed E-state index contributed by atoms with van der Waals surface area (Å²) in [6, 6.07) is 7.20. The van der Waals surface area contributed by atoms with E-state index >= 15 is 0 Å². The zero-order valence-electron chi connectivity index (χ0n) is 31.3. The van der Waals surface area contributed by atoms with Crippen LogP contribution in [0.4, 0.5) is 22.4 Å². The summed E-state index contributed by atoms with van der Waals surface area (Å²) in [4.78, 5) is 62.2. The fourth-order valence-corrected chi connectivity index (χ4v) is 7.75. The zero-order chi connectivity index (χ0) is 40.1. The van der Waals surface area contributed by atoms with E-state index in [9.17, 15) is 36.7 Å². The number of aromatic nitrogens is 2. The lowest BCUT2D eigenvalue weighted by Gasteiger charge is -2.39. The third-order valence-corrected chi connectivity index (χ3v) is 11.3. The molecule has 0 bridgehead atoms. The summed E-state index contributed by atoms with van der Waals surface area (Å²) in [6.07, 6.45) is -3.60. The molecule has 0 unspecified atom stereocenters. The second kappa shape index (κ2) is 17.2. The fraction of sp³-hybridized carbons (Fsp3) is 0.462. The van der Waals surface area contributed by atoms with Crippen molar-refractivity contribution < 1.29 is 41.5 Å². The van der Waals surface area contributed by atoms with E-state index in [4.69, 9.17) is 4.74 Å². The van der Waals surface area contributed by atoms with Gasteiger partial charge in [0.2, 0.25) is 11.8 Å². The summed E-state index contributed by atoms with van der Waals surface area (Å²) in [5.74, 6) is -3.00. The SMILES string of the molecule is CCOC(=O)c1csc([C@@H](NC(=O)[C@]2(NC(=O)[C@@H](NC(=O)NCc3ccccc3F)[C@@H](C)CC)CCc3[nH]c4c(C(F)(F)F)cccc4c3C2)[C@@H](C)CC)n1. The number of carbonyl (C=O) groups is 4. The highest BCUT2D eigenvalue weighted by atomic mass is 32.1. The maximum Gasteiger partial charge on any atom is 0.418 e. The predicted octanol–water partition coefficient (Wildman–Crippen LogP) is 7.12. The van der Waals surface area contributed by atoms with Crippen LogP contribution in [-0.2, 0) is 39.9 Å². The molecular formula is C39H46F4N6O5S. The summed E-state index contributed by atoms with van der Waals surface area (Å²) < 4.78 is 61.6. The predicted molar refractivity (Wildman–Crippen MR) is 200 cm³/mol. The molecule has 4 amide bonds. The average molecular weight is 787 g/mol. The Morgan fingerprint density at radius 3 is 2.40 bits per heavy atom. The second-order valence-corrected chi connectivity index (χ2v) is 14.9. The van der Waals surface area contributed by atoms with Gasteiger partial charge in [-0.3, -0.25) is 9.59 Å². The molecule has 0 radical (unpaired) electrons. The van der Waals surface area contributed by atoms with E-state index < -0.39 is 64.9 Å². The maximum absolute atomic E-state index is 14.8. The first kappa shape index (κ1) is 41.2. The van der Waals surface area contributed by atoms with Gasteiger partial charge in [0.1, 0.15) is 22.4 Å². The van der Waals surface area contributed by atoms with Crippen LogP contribution in [0.15, 0.2) is 47.8 Å². The molecule has 296 valence electrons. The van der Waals surface area contributed by atoms with Crippen LogP contribution in [0, 0.1) is 17.7 Å². The Balaban J connectivity index is 1.50. The lowest BCUT2D eigenvalue weighted by Crippen LogP contribution is -2.65. The number of nitrogens with zero attached hydrogens (tertiary/aromatic N) is 1. The number of aryl methyl sites for hydroxylation is 1. The number of para-hydroxylation sites is 1. The van der Waals surface area contributed by atoms with Gasteiger partial charge < -0.3 is 31.0 Å². The van der Waals surface area contributed by atoms with E-state index in [1.165, 1.54) is 35.6 Å². The Hall–Kier alpha value is -4.99. The highest BCUT2D eigenvalue weighted by molar-refractivity contribution is 7.09. The zero-order valence-corrected chi connectivity index (χ0v) is 32.1. The van der Waals surface area contributed by atoms with Crippen LogP contribution in [0.1, 0.15) is 97.8 Å². The molecule has 2 aromatic carbocycles. The van der Waals surface area contributed by atoms with Crippen molar-refractivity contribution in [2.45, 2.75) is 97.1 Å². The number of hydrogen-bond acceptors (Lipinski definition) is 7. The largest absolute Gasteiger partial charge is 0.461 e. The number of thiazole rings is 1. The summed E-state index contributed by atoms with van der Waals surface area (Å²) in [6.45, 7) is 9.11. The number of ether oxygens (including phenoxy) is 1. The monoisotopic (exact) mass is 786 g/mol. The number of benzene rings is 2. The summed E-state index contributed by atoms with van der Waals surface area (Å²) >= 11 is 1.17. The van der Waals surface area contributed by atoms with Gasteiger partial charge in [-0.2, -0.15) is 13.2 Å². The van der Waals surface area contributed by atoms with E-state index in [1.54, 1.807) is 31.4 Å². The minimum atomic E-state index is -4.64. The number of aromatic amines is 1. The van der Waals surface area contributed by atoms with E-state index in [-0.39, 0.29) is 60.5 Å². The van der Waals surface area contributed by atoms with Crippen LogP contribution in [-0.4, -0.2) is 52.0 Å². The van der Waals surface area contributed by atoms with Crippen molar-refractivity contribution in [3.63, 3.8) is 0 Å². The average Bonchev–Trinajstić information content (AvgIpc) is 3.80. The number of H-pyrrole nitrogens is 1. The second-order valence-electron chi connectivity index (χ2n) is 14.0. The number of carbonyl (C=O) groups excluding carboxylic acids is 4. The summed E-state index contributed by atoms with van der Waals surface area (Å²) in [5, 5.41) is 13.6. The Bertz CT molecular complexity index is 2030. The highest BCUT2D eigenvalue weighted by Gasteiger charge is 2.47. The van der Waals surface area contributed by atoms with Crippen LogP contribution in [0.2, 0.25) is 0 Å². The molecule has 55 heavy (non-hydrogen) atoms. The minimum Gasteiger partial charge on any atom is -0.461 e. The molecule has 2 aromatic heterocycles. The Morgan fingerprint density at radius 1 is 1.00 bits per heavy atom. The number of fused-ring (bicyclic) bond motifs is 3. The van der Waals surface area contributed by atoms with Gasteiger partial charge >= 0.3 is 18.2 Å². The molecule has 0 saturated carbocycles. The molecule has 5 atom stereocenters. The summed E-state index contributed by atoms with van der Waals surface area (Å²) in [5.41, 5.74) is -1.34. The van der Waals surface area contributed by atoms with Gasteiger partial charge in [0, 0.05) is 35.0 Å². The molecule has 1 aliphatic carbocycles. The first-order valence-electron chi connectivity index (χ1n) is 18.3. The number of hydrogen-bond donors (Lipinski definition) is 5. The van der Waals surface area contributed by atoms with Crippen LogP contribution in [0.3, 0.4) is 0 Å². The number of alkyl halides is 3. The molecule has 16 heteroatoms. The first-order valence-corrected chi connectivity index (χ1v) is 19.2. The normalized spacial score (nSPS) is 17.7. The van der Waals surface area contributed by atoms with Crippen molar-refractivity contribution >= 4 is 46.1 Å². The van der Waals surface area contributed by atoms with Gasteiger partial charge in [0.25, 0.3) is 0 Å². The van der Waals surface area contributed by atoms with Crippen molar-refractivity contribution in [1.29, 1.82) is 0 Å². The van der Waals surface area contributed by atoms with E-state index in [0.717, 1.165) is 6.07 Å². The Morgan fingerprint density at radius 2 is 1.73 bits per heavy atom. The molecular weight excluding hydrogens is 741 g/mol. The summed E-state index contributed by atoms with van der Waals surface area (Å²) in [7, 11) is 0. The van der Waals surface area contributed by atoms with Gasteiger partial charge in [-0.1, -0.05) is 70.9 Å². The Labute approximate surface area is 320 Å².